The summed E-state index contributed by atoms with van der Waals surface area (Å²) in [6.07, 6.45) is 2.63. The average molecular weight is 228 g/mol. The molecule has 15 heavy (non-hydrogen) atoms. The van der Waals surface area contributed by atoms with Crippen molar-refractivity contribution < 1.29 is 0 Å². The summed E-state index contributed by atoms with van der Waals surface area (Å²) >= 11 is 0. The predicted molar refractivity (Wildman–Crippen MR) is 65.9 cm³/mol. The molecule has 3 rings (SSSR count). The highest BCUT2D eigenvalue weighted by Crippen LogP contribution is 2.08. The maximum absolute atomic E-state index is 3.78. The zero-order chi connectivity index (χ0) is 10.6. The second kappa shape index (κ2) is 5.40. The van der Waals surface area contributed by atoms with E-state index in [9.17, 15) is 0 Å². The first kappa shape index (κ1) is 11.5. The van der Waals surface area contributed by atoms with Gasteiger partial charge in [-0.25, -0.2) is 0 Å². The number of nitrogens with one attached hydrogen (secondary N) is 3. The number of hydrogen-bond donors (Lipinski definition) is 3. The Hall–Kier alpha value is 0.0569. The first-order chi connectivity index (χ1) is 7.35. The van der Waals surface area contributed by atoms with Crippen LogP contribution in [0.15, 0.2) is 0 Å². The predicted octanol–water partition coefficient (Wildman–Crippen LogP) is -0.177. The topological polar surface area (TPSA) is 39.3 Å². The van der Waals surface area contributed by atoms with Crippen LogP contribution in [-0.4, -0.2) is 52.7 Å². The van der Waals surface area contributed by atoms with Crippen molar-refractivity contribution in [3.63, 3.8) is 0 Å². The van der Waals surface area contributed by atoms with Crippen LogP contribution in [0, 0.1) is 0 Å². The average Bonchev–Trinajstić information content (AvgIpc) is 2.14. The lowest BCUT2D eigenvalue weighted by atomic mass is 10.4. The van der Waals surface area contributed by atoms with Gasteiger partial charge >= 0.3 is 0 Å². The molecule has 3 aliphatic heterocycles. The minimum atomic E-state index is -1.52. The van der Waals surface area contributed by atoms with Crippen LogP contribution in [0.5, 0.6) is 0 Å². The molecule has 3 heterocycles. The second-order valence-electron chi connectivity index (χ2n) is 4.63. The van der Waals surface area contributed by atoms with Gasteiger partial charge in [0.2, 0.25) is 0 Å². The summed E-state index contributed by atoms with van der Waals surface area (Å²) in [7, 11) is -1.52. The van der Waals surface area contributed by atoms with Crippen molar-refractivity contribution in [2.45, 2.75) is 25.8 Å². The molecule has 3 saturated heterocycles. The Morgan fingerprint density at radius 2 is 1.53 bits per heavy atom. The van der Waals surface area contributed by atoms with Crippen molar-refractivity contribution in [3.8, 4) is 0 Å². The van der Waals surface area contributed by atoms with Crippen LogP contribution in [-0.2, 0) is 0 Å². The normalized spacial score (nSPS) is 37.0. The fraction of sp³-hybridized carbons (Fsp3) is 1.00. The Labute approximate surface area is 94.0 Å². The minimum absolute atomic E-state index is 1.15. The van der Waals surface area contributed by atoms with E-state index in [1.807, 2.05) is 0 Å². The first-order valence-electron chi connectivity index (χ1n) is 6.32. The number of nitrogens with zero attached hydrogens (tertiary/aromatic N) is 1. The molecule has 0 atom stereocenters. The Morgan fingerprint density at radius 1 is 1.00 bits per heavy atom. The van der Waals surface area contributed by atoms with Gasteiger partial charge in [0, 0.05) is 39.3 Å². The Balaban J connectivity index is 1.98. The lowest BCUT2D eigenvalue weighted by Crippen LogP contribution is -2.76. The maximum atomic E-state index is 3.78. The zero-order valence-electron chi connectivity index (χ0n) is 9.81. The number of fused-ring (bicyclic) bond motifs is 6. The molecule has 3 aliphatic rings. The summed E-state index contributed by atoms with van der Waals surface area (Å²) < 4.78 is 0. The van der Waals surface area contributed by atoms with Crippen molar-refractivity contribution in [1.82, 2.24) is 19.8 Å². The molecule has 4 nitrogen and oxygen atoms in total. The van der Waals surface area contributed by atoms with Crippen molar-refractivity contribution >= 4 is 8.56 Å². The monoisotopic (exact) mass is 228 g/mol. The van der Waals surface area contributed by atoms with Crippen LogP contribution in [0.1, 0.15) is 19.8 Å². The lowest BCUT2D eigenvalue weighted by Gasteiger charge is -2.41. The van der Waals surface area contributed by atoms with E-state index in [0.717, 1.165) is 19.6 Å². The summed E-state index contributed by atoms with van der Waals surface area (Å²) in [6, 6.07) is 1.32. The van der Waals surface area contributed by atoms with Gasteiger partial charge in [0.15, 0.2) is 0 Å². The van der Waals surface area contributed by atoms with Crippen molar-refractivity contribution in [1.29, 1.82) is 0 Å². The minimum Gasteiger partial charge on any atom is -0.312 e. The van der Waals surface area contributed by atoms with Gasteiger partial charge in [-0.3, -0.25) is 4.90 Å². The van der Waals surface area contributed by atoms with Gasteiger partial charge in [-0.2, -0.15) is 0 Å². The van der Waals surface area contributed by atoms with Crippen molar-refractivity contribution in [3.05, 3.63) is 0 Å². The maximum Gasteiger partial charge on any atom is 0.281 e. The van der Waals surface area contributed by atoms with Gasteiger partial charge in [0.25, 0.3) is 8.56 Å². The molecule has 0 radical (unpaired) electrons. The number of rotatable bonds is 3. The summed E-state index contributed by atoms with van der Waals surface area (Å²) in [5, 5.41) is 0. The van der Waals surface area contributed by atoms with E-state index >= 15 is 0 Å². The molecule has 88 valence electrons. The van der Waals surface area contributed by atoms with Crippen LogP contribution in [0.2, 0.25) is 6.04 Å². The standard InChI is InChI=1S/C10H24N4Si/c1-2-3-10-15-11-4-7-14(8-5-12-15)9-6-13-15/h11-13H,2-10H2,1H3. The third-order valence-electron chi connectivity index (χ3n) is 3.47. The first-order valence-corrected chi connectivity index (χ1v) is 8.53. The van der Waals surface area contributed by atoms with E-state index in [1.165, 1.54) is 38.5 Å². The third-order valence-corrected chi connectivity index (χ3v) is 7.13. The van der Waals surface area contributed by atoms with E-state index in [-0.39, 0.29) is 0 Å². The number of unbranched alkanes of at least 4 members (excludes halogenated alkanes) is 1. The highest BCUT2D eigenvalue weighted by molar-refractivity contribution is 6.72. The Kier molecular flexibility index (Phi) is 4.16. The SMILES string of the molecule is CCCC[Si]12NCCN(CCN1)CCN2. The van der Waals surface area contributed by atoms with Gasteiger partial charge in [0.1, 0.15) is 0 Å². The molecule has 0 aromatic heterocycles. The fourth-order valence-corrected chi connectivity index (χ4v) is 5.92. The van der Waals surface area contributed by atoms with Gasteiger partial charge in [0.05, 0.1) is 0 Å². The summed E-state index contributed by atoms with van der Waals surface area (Å²) in [5.41, 5.74) is 0. The van der Waals surface area contributed by atoms with Crippen LogP contribution in [0.4, 0.5) is 0 Å². The molecule has 0 amide bonds. The molecular weight excluding hydrogens is 204 g/mol. The van der Waals surface area contributed by atoms with Crippen LogP contribution >= 0.6 is 0 Å². The van der Waals surface area contributed by atoms with E-state index in [0.29, 0.717) is 0 Å². The van der Waals surface area contributed by atoms with Gasteiger partial charge in [-0.15, -0.1) is 0 Å². The van der Waals surface area contributed by atoms with Gasteiger partial charge in [-0.05, 0) is 6.04 Å². The molecule has 3 N–H and O–H groups in total. The highest BCUT2D eigenvalue weighted by atomic mass is 28.4. The molecule has 0 unspecified atom stereocenters. The molecule has 2 bridgehead atoms. The van der Waals surface area contributed by atoms with Crippen molar-refractivity contribution in [2.75, 3.05) is 39.3 Å². The summed E-state index contributed by atoms with van der Waals surface area (Å²) in [6.45, 7) is 9.40. The van der Waals surface area contributed by atoms with E-state index in [4.69, 9.17) is 0 Å². The number of hydrogen-bond acceptors (Lipinski definition) is 4. The summed E-state index contributed by atoms with van der Waals surface area (Å²) in [4.78, 5) is 13.9. The highest BCUT2D eigenvalue weighted by Gasteiger charge is 2.35. The van der Waals surface area contributed by atoms with Gasteiger partial charge in [-0.1, -0.05) is 19.8 Å². The summed E-state index contributed by atoms with van der Waals surface area (Å²) in [5.74, 6) is 0. The zero-order valence-corrected chi connectivity index (χ0v) is 10.8. The quantitative estimate of drug-likeness (QED) is 0.586. The molecule has 5 heteroatoms. The van der Waals surface area contributed by atoms with Gasteiger partial charge < -0.3 is 14.9 Å². The molecule has 0 aliphatic carbocycles. The van der Waals surface area contributed by atoms with Crippen LogP contribution in [0.25, 0.3) is 0 Å². The molecular formula is C10H24N4Si. The Morgan fingerprint density at radius 3 is 2.00 bits per heavy atom. The van der Waals surface area contributed by atoms with E-state index < -0.39 is 8.56 Å². The van der Waals surface area contributed by atoms with E-state index in [1.54, 1.807) is 0 Å². The second-order valence-corrected chi connectivity index (χ2v) is 8.00. The molecule has 0 spiro atoms. The molecule has 0 aromatic carbocycles. The smallest absolute Gasteiger partial charge is 0.281 e. The van der Waals surface area contributed by atoms with Crippen LogP contribution < -0.4 is 14.9 Å². The molecule has 0 aromatic rings. The van der Waals surface area contributed by atoms with E-state index in [2.05, 4.69) is 26.8 Å². The fourth-order valence-electron chi connectivity index (χ4n) is 2.51. The third kappa shape index (κ3) is 3.01. The molecule has 3 fully saturated rings. The van der Waals surface area contributed by atoms with Crippen LogP contribution in [0.3, 0.4) is 0 Å². The van der Waals surface area contributed by atoms with Crippen molar-refractivity contribution in [2.24, 2.45) is 0 Å². The molecule has 0 saturated carbocycles. The largest absolute Gasteiger partial charge is 0.312 e. The lowest BCUT2D eigenvalue weighted by molar-refractivity contribution is 0.266. The Bertz CT molecular complexity index is 167.